The number of hydrogen-bond donors (Lipinski definition) is 2. The second-order valence-corrected chi connectivity index (χ2v) is 4.67. The molecule has 0 aliphatic heterocycles. The van der Waals surface area contributed by atoms with Crippen LogP contribution in [0.3, 0.4) is 0 Å². The highest BCUT2D eigenvalue weighted by atomic mass is 35.5. The molecule has 0 spiro atoms. The molecule has 2 N–H and O–H groups in total. The van der Waals surface area contributed by atoms with Gasteiger partial charge >= 0.3 is 0 Å². The first-order chi connectivity index (χ1) is 7.56. The molecule has 86 valence electrons. The van der Waals surface area contributed by atoms with Crippen molar-refractivity contribution in [1.82, 2.24) is 5.32 Å². The fourth-order valence-electron chi connectivity index (χ4n) is 1.76. The summed E-state index contributed by atoms with van der Waals surface area (Å²) in [6, 6.07) is 5.31. The van der Waals surface area contributed by atoms with Crippen molar-refractivity contribution in [3.05, 3.63) is 34.3 Å². The number of aliphatic hydroxyl groups excluding tert-OH is 1. The molecule has 1 aliphatic carbocycles. The largest absolute Gasteiger partial charge is 0.393 e. The van der Waals surface area contributed by atoms with E-state index >= 15 is 0 Å². The van der Waals surface area contributed by atoms with Crippen molar-refractivity contribution in [2.24, 2.45) is 0 Å². The number of nitrogens with one attached hydrogen (secondary N) is 1. The van der Waals surface area contributed by atoms with E-state index in [2.05, 4.69) is 5.32 Å². The van der Waals surface area contributed by atoms with E-state index < -0.39 is 0 Å². The molecule has 0 saturated heterocycles. The lowest BCUT2D eigenvalue weighted by Crippen LogP contribution is -2.46. The number of carbonyl (C=O) groups is 1. The van der Waals surface area contributed by atoms with Crippen LogP contribution in [0.1, 0.15) is 28.8 Å². The molecule has 3 nitrogen and oxygen atoms in total. The van der Waals surface area contributed by atoms with Crippen LogP contribution in [-0.2, 0) is 0 Å². The van der Waals surface area contributed by atoms with Gasteiger partial charge in [-0.1, -0.05) is 11.6 Å². The first kappa shape index (κ1) is 11.4. The molecule has 4 heteroatoms. The van der Waals surface area contributed by atoms with Gasteiger partial charge in [-0.15, -0.1) is 0 Å². The Bertz CT molecular complexity index is 413. The number of halogens is 1. The summed E-state index contributed by atoms with van der Waals surface area (Å²) in [5.74, 6) is -0.100. The molecule has 1 saturated carbocycles. The fourth-order valence-corrected chi connectivity index (χ4v) is 1.88. The number of rotatable bonds is 2. The van der Waals surface area contributed by atoms with Crippen molar-refractivity contribution in [3.63, 3.8) is 0 Å². The lowest BCUT2D eigenvalue weighted by atomic mass is 9.89. The minimum atomic E-state index is -0.253. The molecular formula is C12H14ClNO2. The summed E-state index contributed by atoms with van der Waals surface area (Å²) in [5, 5.41) is 12.6. The normalized spacial score (nSPS) is 23.7. The number of benzene rings is 1. The van der Waals surface area contributed by atoms with Crippen molar-refractivity contribution in [2.75, 3.05) is 0 Å². The van der Waals surface area contributed by atoms with Gasteiger partial charge in [0.1, 0.15) is 0 Å². The Labute approximate surface area is 99.4 Å². The van der Waals surface area contributed by atoms with Crippen LogP contribution >= 0.6 is 11.6 Å². The van der Waals surface area contributed by atoms with Crippen LogP contribution in [0.25, 0.3) is 0 Å². The highest BCUT2D eigenvalue weighted by Gasteiger charge is 2.28. The number of amides is 1. The Hall–Kier alpha value is -1.06. The maximum atomic E-state index is 11.8. The highest BCUT2D eigenvalue weighted by molar-refractivity contribution is 6.31. The molecular weight excluding hydrogens is 226 g/mol. The Balaban J connectivity index is 2.01. The van der Waals surface area contributed by atoms with Gasteiger partial charge < -0.3 is 10.4 Å². The predicted octanol–water partition coefficient (Wildman–Crippen LogP) is 1.90. The molecule has 0 aromatic heterocycles. The average Bonchev–Trinajstić information content (AvgIpc) is 2.19. The Morgan fingerprint density at radius 3 is 2.75 bits per heavy atom. The van der Waals surface area contributed by atoms with E-state index in [9.17, 15) is 4.79 Å². The fraction of sp³-hybridized carbons (Fsp3) is 0.417. The molecule has 0 radical (unpaired) electrons. The van der Waals surface area contributed by atoms with E-state index in [1.54, 1.807) is 18.2 Å². The first-order valence-electron chi connectivity index (χ1n) is 5.31. The van der Waals surface area contributed by atoms with Gasteiger partial charge in [0, 0.05) is 16.6 Å². The number of aryl methyl sites for hydroxylation is 1. The van der Waals surface area contributed by atoms with Crippen LogP contribution in [0.2, 0.25) is 5.02 Å². The third kappa shape index (κ3) is 2.36. The third-order valence-corrected chi connectivity index (χ3v) is 3.29. The summed E-state index contributed by atoms with van der Waals surface area (Å²) in [7, 11) is 0. The van der Waals surface area contributed by atoms with Gasteiger partial charge in [0.15, 0.2) is 0 Å². The third-order valence-electron chi connectivity index (χ3n) is 2.87. The Morgan fingerprint density at radius 1 is 1.50 bits per heavy atom. The van der Waals surface area contributed by atoms with Gasteiger partial charge in [-0.05, 0) is 43.5 Å². The van der Waals surface area contributed by atoms with Crippen molar-refractivity contribution < 1.29 is 9.90 Å². The van der Waals surface area contributed by atoms with Gasteiger partial charge in [0.2, 0.25) is 0 Å². The van der Waals surface area contributed by atoms with Crippen LogP contribution in [-0.4, -0.2) is 23.2 Å². The Morgan fingerprint density at radius 2 is 2.19 bits per heavy atom. The molecule has 1 aromatic rings. The zero-order valence-corrected chi connectivity index (χ0v) is 9.79. The topological polar surface area (TPSA) is 49.3 Å². The van der Waals surface area contributed by atoms with Gasteiger partial charge in [-0.2, -0.15) is 0 Å². The van der Waals surface area contributed by atoms with E-state index in [1.807, 2.05) is 6.92 Å². The highest BCUT2D eigenvalue weighted by Crippen LogP contribution is 2.21. The standard InChI is InChI=1S/C12H14ClNO2/c1-7-4-8(2-3-11(7)13)12(16)14-9-5-10(15)6-9/h2-4,9-10,15H,5-6H2,1H3,(H,14,16). The molecule has 0 unspecified atom stereocenters. The summed E-state index contributed by atoms with van der Waals surface area (Å²) in [6.45, 7) is 1.87. The van der Waals surface area contributed by atoms with Crippen LogP contribution < -0.4 is 5.32 Å². The SMILES string of the molecule is Cc1cc(C(=O)NC2CC(O)C2)ccc1Cl. The molecule has 1 amide bonds. The van der Waals surface area contributed by atoms with E-state index in [0.717, 1.165) is 5.56 Å². The van der Waals surface area contributed by atoms with Gasteiger partial charge in [0.05, 0.1) is 6.10 Å². The van der Waals surface area contributed by atoms with Crippen LogP contribution in [0, 0.1) is 6.92 Å². The van der Waals surface area contributed by atoms with Gasteiger partial charge in [-0.3, -0.25) is 4.79 Å². The van der Waals surface area contributed by atoms with Crippen molar-refractivity contribution >= 4 is 17.5 Å². The molecule has 0 heterocycles. The maximum Gasteiger partial charge on any atom is 0.251 e. The summed E-state index contributed by atoms with van der Waals surface area (Å²) in [4.78, 5) is 11.8. The summed E-state index contributed by atoms with van der Waals surface area (Å²) >= 11 is 5.88. The average molecular weight is 240 g/mol. The van der Waals surface area contributed by atoms with Crippen LogP contribution in [0.15, 0.2) is 18.2 Å². The van der Waals surface area contributed by atoms with E-state index in [0.29, 0.717) is 23.4 Å². The molecule has 16 heavy (non-hydrogen) atoms. The zero-order valence-electron chi connectivity index (χ0n) is 9.03. The molecule has 1 aromatic carbocycles. The summed E-state index contributed by atoms with van der Waals surface area (Å²) in [5.41, 5.74) is 1.51. The van der Waals surface area contributed by atoms with Gasteiger partial charge in [-0.25, -0.2) is 0 Å². The predicted molar refractivity (Wildman–Crippen MR) is 62.7 cm³/mol. The Kier molecular flexibility index (Phi) is 3.17. The smallest absolute Gasteiger partial charge is 0.251 e. The maximum absolute atomic E-state index is 11.8. The zero-order chi connectivity index (χ0) is 11.7. The molecule has 2 rings (SSSR count). The number of carbonyl (C=O) groups excluding carboxylic acids is 1. The lowest BCUT2D eigenvalue weighted by Gasteiger charge is -2.31. The molecule has 0 atom stereocenters. The first-order valence-corrected chi connectivity index (χ1v) is 5.69. The summed E-state index contributed by atoms with van der Waals surface area (Å²) in [6.07, 6.45) is 1.05. The summed E-state index contributed by atoms with van der Waals surface area (Å²) < 4.78 is 0. The van der Waals surface area contributed by atoms with E-state index in [1.165, 1.54) is 0 Å². The van der Waals surface area contributed by atoms with E-state index in [4.69, 9.17) is 16.7 Å². The van der Waals surface area contributed by atoms with Crippen LogP contribution in [0.4, 0.5) is 0 Å². The second kappa shape index (κ2) is 4.44. The lowest BCUT2D eigenvalue weighted by molar-refractivity contribution is 0.0562. The van der Waals surface area contributed by atoms with Gasteiger partial charge in [0.25, 0.3) is 5.91 Å². The monoisotopic (exact) mass is 239 g/mol. The van der Waals surface area contributed by atoms with E-state index in [-0.39, 0.29) is 18.1 Å². The molecule has 1 fully saturated rings. The molecule has 1 aliphatic rings. The number of hydrogen-bond acceptors (Lipinski definition) is 2. The molecule has 0 bridgehead atoms. The van der Waals surface area contributed by atoms with Crippen LogP contribution in [0.5, 0.6) is 0 Å². The van der Waals surface area contributed by atoms with Crippen molar-refractivity contribution in [3.8, 4) is 0 Å². The van der Waals surface area contributed by atoms with Crippen molar-refractivity contribution in [1.29, 1.82) is 0 Å². The minimum Gasteiger partial charge on any atom is -0.393 e. The van der Waals surface area contributed by atoms with Crippen molar-refractivity contribution in [2.45, 2.75) is 31.9 Å². The quantitative estimate of drug-likeness (QED) is 0.828. The second-order valence-electron chi connectivity index (χ2n) is 4.26. The number of aliphatic hydroxyl groups is 1. The minimum absolute atomic E-state index is 0.100.